The average molecular weight is 290 g/mol. The molecule has 0 saturated carbocycles. The summed E-state index contributed by atoms with van der Waals surface area (Å²) in [6.07, 6.45) is -0.475. The number of ether oxygens (including phenoxy) is 2. The maximum absolute atomic E-state index is 10.7. The van der Waals surface area contributed by atoms with E-state index in [2.05, 4.69) is 9.47 Å². The first-order valence-corrected chi connectivity index (χ1v) is 6.08. The monoisotopic (exact) mass is 290 g/mol. The Labute approximate surface area is 115 Å². The van der Waals surface area contributed by atoms with Crippen molar-refractivity contribution < 1.29 is 38.9 Å². The lowest BCUT2D eigenvalue weighted by Crippen LogP contribution is -2.40. The van der Waals surface area contributed by atoms with E-state index in [4.69, 9.17) is 10.2 Å². The lowest BCUT2D eigenvalue weighted by Gasteiger charge is -2.22. The zero-order valence-corrected chi connectivity index (χ0v) is 11.3. The number of aliphatic carboxylic acids is 2. The largest absolute Gasteiger partial charge is 0.481 e. The summed E-state index contributed by atoms with van der Waals surface area (Å²) in [5.74, 6) is -2.70. The zero-order valence-electron chi connectivity index (χ0n) is 11.3. The molecule has 0 aromatic carbocycles. The van der Waals surface area contributed by atoms with Gasteiger partial charge in [-0.05, 0) is 26.7 Å². The molecule has 2 unspecified atom stereocenters. The number of esters is 2. The Balaban J connectivity index is 0.000000361. The van der Waals surface area contributed by atoms with Crippen LogP contribution in [0.4, 0.5) is 0 Å². The predicted octanol–water partition coefficient (Wildman–Crippen LogP) is 0.579. The summed E-state index contributed by atoms with van der Waals surface area (Å²) in [7, 11) is 0. The van der Waals surface area contributed by atoms with Crippen LogP contribution >= 0.6 is 0 Å². The number of carboxylic acids is 2. The molecule has 20 heavy (non-hydrogen) atoms. The van der Waals surface area contributed by atoms with E-state index in [-0.39, 0.29) is 12.8 Å². The third-order valence-corrected chi connectivity index (χ3v) is 2.28. The lowest BCUT2D eigenvalue weighted by atomic mass is 10.2. The van der Waals surface area contributed by atoms with E-state index in [1.807, 2.05) is 0 Å². The van der Waals surface area contributed by atoms with Crippen molar-refractivity contribution in [2.45, 2.75) is 51.7 Å². The van der Waals surface area contributed by atoms with Crippen molar-refractivity contribution >= 4 is 23.9 Å². The second-order valence-corrected chi connectivity index (χ2v) is 4.15. The SMILES string of the molecule is CC1OC(=O)C(C)OC1=O.O=C(O)CCCCC(=O)O. The number of cyclic esters (lactones) is 2. The minimum Gasteiger partial charge on any atom is -0.481 e. The molecule has 1 rings (SSSR count). The third-order valence-electron chi connectivity index (χ3n) is 2.28. The summed E-state index contributed by atoms with van der Waals surface area (Å²) in [6, 6.07) is 0. The summed E-state index contributed by atoms with van der Waals surface area (Å²) in [6.45, 7) is 2.96. The van der Waals surface area contributed by atoms with Crippen molar-refractivity contribution in [3.05, 3.63) is 0 Å². The second-order valence-electron chi connectivity index (χ2n) is 4.15. The van der Waals surface area contributed by atoms with Crippen LogP contribution in [0.1, 0.15) is 39.5 Å². The summed E-state index contributed by atoms with van der Waals surface area (Å²) < 4.78 is 9.19. The van der Waals surface area contributed by atoms with Crippen LogP contribution in [0.5, 0.6) is 0 Å². The number of hydrogen-bond donors (Lipinski definition) is 2. The molecule has 0 aromatic heterocycles. The maximum atomic E-state index is 10.7. The maximum Gasteiger partial charge on any atom is 0.347 e. The summed E-state index contributed by atoms with van der Waals surface area (Å²) in [5, 5.41) is 16.3. The molecule has 1 fully saturated rings. The number of rotatable bonds is 5. The van der Waals surface area contributed by atoms with Gasteiger partial charge in [-0.1, -0.05) is 0 Å². The molecule has 0 amide bonds. The van der Waals surface area contributed by atoms with Crippen molar-refractivity contribution in [3.8, 4) is 0 Å². The predicted molar refractivity (Wildman–Crippen MR) is 64.8 cm³/mol. The molecular formula is C12H18O8. The van der Waals surface area contributed by atoms with Gasteiger partial charge in [-0.3, -0.25) is 9.59 Å². The smallest absolute Gasteiger partial charge is 0.347 e. The lowest BCUT2D eigenvalue weighted by molar-refractivity contribution is -0.191. The number of carboxylic acid groups (broad SMARTS) is 2. The molecule has 1 saturated heterocycles. The third kappa shape index (κ3) is 8.06. The molecule has 1 heterocycles. The average Bonchev–Trinajstić information content (AvgIpc) is 2.33. The van der Waals surface area contributed by atoms with Gasteiger partial charge in [-0.15, -0.1) is 0 Å². The Kier molecular flexibility index (Phi) is 7.95. The van der Waals surface area contributed by atoms with Crippen molar-refractivity contribution in [1.29, 1.82) is 0 Å². The highest BCUT2D eigenvalue weighted by molar-refractivity contribution is 5.86. The topological polar surface area (TPSA) is 127 Å². The van der Waals surface area contributed by atoms with Crippen molar-refractivity contribution in [3.63, 3.8) is 0 Å². The number of carbonyl (C=O) groups is 4. The van der Waals surface area contributed by atoms with Crippen LogP contribution in [0, 0.1) is 0 Å². The first-order chi connectivity index (χ1) is 9.23. The van der Waals surface area contributed by atoms with E-state index in [1.165, 1.54) is 13.8 Å². The van der Waals surface area contributed by atoms with Crippen molar-refractivity contribution in [1.82, 2.24) is 0 Å². The molecule has 0 aromatic rings. The van der Waals surface area contributed by atoms with E-state index < -0.39 is 36.1 Å². The van der Waals surface area contributed by atoms with Gasteiger partial charge in [0, 0.05) is 12.8 Å². The van der Waals surface area contributed by atoms with E-state index in [0.717, 1.165) is 0 Å². The molecule has 8 heteroatoms. The van der Waals surface area contributed by atoms with Crippen LogP contribution in [0.3, 0.4) is 0 Å². The van der Waals surface area contributed by atoms with Crippen LogP contribution in [0.25, 0.3) is 0 Å². The Morgan fingerprint density at radius 3 is 1.45 bits per heavy atom. The van der Waals surface area contributed by atoms with Gasteiger partial charge >= 0.3 is 23.9 Å². The number of carbonyl (C=O) groups excluding carboxylic acids is 2. The molecule has 0 bridgehead atoms. The van der Waals surface area contributed by atoms with E-state index >= 15 is 0 Å². The molecule has 2 atom stereocenters. The van der Waals surface area contributed by atoms with Crippen LogP contribution < -0.4 is 0 Å². The van der Waals surface area contributed by atoms with Crippen molar-refractivity contribution in [2.75, 3.05) is 0 Å². The fourth-order valence-electron chi connectivity index (χ4n) is 1.19. The summed E-state index contributed by atoms with van der Waals surface area (Å²) in [4.78, 5) is 41.1. The summed E-state index contributed by atoms with van der Waals surface area (Å²) in [5.41, 5.74) is 0. The van der Waals surface area contributed by atoms with E-state index in [1.54, 1.807) is 0 Å². The first kappa shape index (κ1) is 17.9. The van der Waals surface area contributed by atoms with Gasteiger partial charge < -0.3 is 19.7 Å². The molecule has 0 aliphatic carbocycles. The van der Waals surface area contributed by atoms with Gasteiger partial charge in [0.1, 0.15) is 0 Å². The van der Waals surface area contributed by atoms with Gasteiger partial charge in [0.15, 0.2) is 12.2 Å². The normalized spacial score (nSPS) is 21.1. The molecule has 114 valence electrons. The molecule has 1 aliphatic heterocycles. The van der Waals surface area contributed by atoms with Gasteiger partial charge in [-0.25, -0.2) is 9.59 Å². The van der Waals surface area contributed by atoms with Crippen LogP contribution in [0.2, 0.25) is 0 Å². The zero-order chi connectivity index (χ0) is 15.7. The van der Waals surface area contributed by atoms with E-state index in [9.17, 15) is 19.2 Å². The molecule has 1 aliphatic rings. The van der Waals surface area contributed by atoms with E-state index in [0.29, 0.717) is 12.8 Å². The van der Waals surface area contributed by atoms with Gasteiger partial charge in [0.2, 0.25) is 0 Å². The molecule has 0 radical (unpaired) electrons. The van der Waals surface area contributed by atoms with Gasteiger partial charge in [-0.2, -0.15) is 0 Å². The van der Waals surface area contributed by atoms with Crippen LogP contribution in [0.15, 0.2) is 0 Å². The molecule has 0 spiro atoms. The molecule has 8 nitrogen and oxygen atoms in total. The Hall–Kier alpha value is -2.12. The number of hydrogen-bond acceptors (Lipinski definition) is 6. The minimum absolute atomic E-state index is 0.0628. The Morgan fingerprint density at radius 1 is 0.900 bits per heavy atom. The highest BCUT2D eigenvalue weighted by atomic mass is 16.6. The second kappa shape index (κ2) is 8.89. The van der Waals surface area contributed by atoms with Gasteiger partial charge in [0.25, 0.3) is 0 Å². The van der Waals surface area contributed by atoms with Gasteiger partial charge in [0.05, 0.1) is 0 Å². The minimum atomic E-state index is -0.870. The standard InChI is InChI=1S/C6H8O4.C6H10O4/c1-3-5(7)10-4(2)6(8)9-3;7-5(8)3-1-2-4-6(9)10/h3-4H,1-2H3;1-4H2,(H,7,8)(H,9,10). The fourth-order valence-corrected chi connectivity index (χ4v) is 1.19. The highest BCUT2D eigenvalue weighted by Gasteiger charge is 2.32. The van der Waals surface area contributed by atoms with Crippen LogP contribution in [-0.2, 0) is 28.7 Å². The Bertz CT molecular complexity index is 340. The molecular weight excluding hydrogens is 272 g/mol. The first-order valence-electron chi connectivity index (χ1n) is 6.08. The Morgan fingerprint density at radius 2 is 1.20 bits per heavy atom. The highest BCUT2D eigenvalue weighted by Crippen LogP contribution is 2.08. The number of unbranched alkanes of at least 4 members (excludes halogenated alkanes) is 1. The summed E-state index contributed by atoms with van der Waals surface area (Å²) >= 11 is 0. The van der Waals surface area contributed by atoms with Crippen LogP contribution in [-0.4, -0.2) is 46.3 Å². The van der Waals surface area contributed by atoms with Crippen molar-refractivity contribution in [2.24, 2.45) is 0 Å². The quantitative estimate of drug-likeness (QED) is 0.556. The molecule has 2 N–H and O–H groups in total. The fraction of sp³-hybridized carbons (Fsp3) is 0.667.